The number of rotatable bonds is 7. The number of carbonyl (C=O) groups excluding carboxylic acids is 4. The summed E-state index contributed by atoms with van der Waals surface area (Å²) in [4.78, 5) is 50.7. The van der Waals surface area contributed by atoms with Crippen LogP contribution in [-0.4, -0.2) is 44.2 Å². The number of hydrogen-bond donors (Lipinski definition) is 1. The molecule has 1 N–H and O–H groups in total. The largest absolute Gasteiger partial charge is 0.322 e. The molecule has 0 radical (unpaired) electrons. The predicted octanol–water partition coefficient (Wildman–Crippen LogP) is 2.59. The lowest BCUT2D eigenvalue weighted by molar-refractivity contribution is -0.137. The molecule has 1 unspecified atom stereocenters. The number of nitrogens with one attached hydrogen (secondary N) is 1. The zero-order valence-electron chi connectivity index (χ0n) is 19.5. The predicted molar refractivity (Wildman–Crippen MR) is 128 cm³/mol. The highest BCUT2D eigenvalue weighted by Crippen LogP contribution is 2.28. The van der Waals surface area contributed by atoms with E-state index in [1.165, 1.54) is 4.90 Å². The Morgan fingerprint density at radius 2 is 1.94 bits per heavy atom. The van der Waals surface area contributed by atoms with Gasteiger partial charge in [0, 0.05) is 50.2 Å². The number of imide groups is 1. The van der Waals surface area contributed by atoms with E-state index in [0.717, 1.165) is 27.9 Å². The minimum atomic E-state index is -0.625. The second-order valence-corrected chi connectivity index (χ2v) is 9.18. The Balaban J connectivity index is 1.20. The maximum atomic E-state index is 12.8. The monoisotopic (exact) mass is 470 g/mol. The number of fused-ring (bicyclic) bond motifs is 1. The average Bonchev–Trinajstić information content (AvgIpc) is 3.41. The molecule has 8 heteroatoms. The minimum Gasteiger partial charge on any atom is -0.322 e. The number of benzene rings is 2. The van der Waals surface area contributed by atoms with Crippen LogP contribution in [0.25, 0.3) is 11.3 Å². The maximum absolute atomic E-state index is 12.8. The molecule has 0 bridgehead atoms. The number of hydrogen-bond acceptors (Lipinski definition) is 5. The highest BCUT2D eigenvalue weighted by Gasteiger charge is 2.39. The summed E-state index contributed by atoms with van der Waals surface area (Å²) in [6, 6.07) is 14.8. The van der Waals surface area contributed by atoms with E-state index >= 15 is 0 Å². The molecule has 0 spiro atoms. The van der Waals surface area contributed by atoms with E-state index in [0.29, 0.717) is 37.8 Å². The molecule has 1 fully saturated rings. The lowest BCUT2D eigenvalue weighted by Crippen LogP contribution is -2.52. The van der Waals surface area contributed by atoms with Crippen molar-refractivity contribution in [2.75, 3.05) is 0 Å². The van der Waals surface area contributed by atoms with Gasteiger partial charge in [0.15, 0.2) is 0 Å². The molecule has 2 aromatic carbocycles. The Kier molecular flexibility index (Phi) is 6.03. The fraction of sp³-hybridized carbons (Fsp3) is 0.296. The van der Waals surface area contributed by atoms with Crippen LogP contribution in [0.1, 0.15) is 46.3 Å². The van der Waals surface area contributed by atoms with Crippen molar-refractivity contribution < 1.29 is 19.2 Å². The van der Waals surface area contributed by atoms with E-state index in [2.05, 4.69) is 10.4 Å². The van der Waals surface area contributed by atoms with Crippen molar-refractivity contribution in [3.63, 3.8) is 0 Å². The summed E-state index contributed by atoms with van der Waals surface area (Å²) in [6.07, 6.45) is 3.80. The first kappa shape index (κ1) is 22.7. The normalized spacial score (nSPS) is 17.5. The molecule has 0 saturated carbocycles. The van der Waals surface area contributed by atoms with Crippen LogP contribution >= 0.6 is 0 Å². The van der Waals surface area contributed by atoms with Crippen molar-refractivity contribution >= 4 is 23.5 Å². The van der Waals surface area contributed by atoms with Crippen molar-refractivity contribution in [1.29, 1.82) is 0 Å². The number of ketones is 1. The molecule has 3 amide bonds. The number of amides is 3. The maximum Gasteiger partial charge on any atom is 0.255 e. The van der Waals surface area contributed by atoms with Crippen LogP contribution in [0.5, 0.6) is 0 Å². The summed E-state index contributed by atoms with van der Waals surface area (Å²) in [5.41, 5.74) is 5.24. The number of piperidine rings is 1. The summed E-state index contributed by atoms with van der Waals surface area (Å²) < 4.78 is 1.75. The number of aromatic nitrogens is 2. The standard InChI is InChI=1S/C27H26N4O4/c1-30-12-11-23(29-30)19-4-2-3-18(14-19)15-21(32)7-5-17-6-8-22-20(13-17)16-31(27(22)35)24-9-10-25(33)28-26(24)34/h2-4,6,8,11-14,24H,5,7,9-10,15-16H2,1H3,(H,28,33,34). The van der Waals surface area contributed by atoms with Crippen molar-refractivity contribution in [1.82, 2.24) is 20.0 Å². The van der Waals surface area contributed by atoms with Crippen molar-refractivity contribution in [2.24, 2.45) is 7.05 Å². The van der Waals surface area contributed by atoms with Crippen molar-refractivity contribution in [3.8, 4) is 11.3 Å². The molecule has 0 aliphatic carbocycles. The summed E-state index contributed by atoms with van der Waals surface area (Å²) >= 11 is 0. The van der Waals surface area contributed by atoms with E-state index in [-0.39, 0.29) is 24.0 Å². The quantitative estimate of drug-likeness (QED) is 0.535. The van der Waals surface area contributed by atoms with Crippen LogP contribution in [0, 0.1) is 0 Å². The first-order valence-corrected chi connectivity index (χ1v) is 11.7. The second kappa shape index (κ2) is 9.29. The van der Waals surface area contributed by atoms with Gasteiger partial charge in [-0.3, -0.25) is 29.2 Å². The number of aryl methyl sites for hydroxylation is 2. The van der Waals surface area contributed by atoms with E-state index in [1.54, 1.807) is 10.7 Å². The third-order valence-electron chi connectivity index (χ3n) is 6.62. The molecule has 2 aliphatic rings. The Hall–Kier alpha value is -4.07. The molecular formula is C27H26N4O4. The fourth-order valence-corrected chi connectivity index (χ4v) is 4.79. The Morgan fingerprint density at radius 3 is 2.71 bits per heavy atom. The Morgan fingerprint density at radius 1 is 1.09 bits per heavy atom. The zero-order valence-corrected chi connectivity index (χ0v) is 19.5. The van der Waals surface area contributed by atoms with Crippen LogP contribution in [0.4, 0.5) is 0 Å². The topological polar surface area (TPSA) is 101 Å². The van der Waals surface area contributed by atoms with Crippen LogP contribution < -0.4 is 5.32 Å². The number of nitrogens with zero attached hydrogens (tertiary/aromatic N) is 3. The molecule has 178 valence electrons. The van der Waals surface area contributed by atoms with Crippen LogP contribution in [0.3, 0.4) is 0 Å². The molecule has 2 aliphatic heterocycles. The lowest BCUT2D eigenvalue weighted by atomic mass is 9.98. The van der Waals surface area contributed by atoms with Gasteiger partial charge >= 0.3 is 0 Å². The molecule has 1 saturated heterocycles. The van der Waals surface area contributed by atoms with E-state index in [9.17, 15) is 19.2 Å². The fourth-order valence-electron chi connectivity index (χ4n) is 4.79. The summed E-state index contributed by atoms with van der Waals surface area (Å²) in [6.45, 7) is 0.336. The van der Waals surface area contributed by atoms with Crippen molar-refractivity contribution in [3.05, 3.63) is 77.0 Å². The van der Waals surface area contributed by atoms with Gasteiger partial charge in [0.05, 0.1) is 5.69 Å². The third kappa shape index (κ3) is 4.77. The number of Topliss-reactive ketones (excluding diaryl/α,β-unsaturated/α-hetero) is 1. The van der Waals surface area contributed by atoms with Crippen LogP contribution in [0.15, 0.2) is 54.7 Å². The molecule has 35 heavy (non-hydrogen) atoms. The smallest absolute Gasteiger partial charge is 0.255 e. The first-order valence-electron chi connectivity index (χ1n) is 11.7. The van der Waals surface area contributed by atoms with Gasteiger partial charge in [0.2, 0.25) is 11.8 Å². The van der Waals surface area contributed by atoms with Gasteiger partial charge in [-0.2, -0.15) is 5.10 Å². The summed E-state index contributed by atoms with van der Waals surface area (Å²) in [5, 5.41) is 6.74. The molecule has 1 aromatic heterocycles. The SMILES string of the molecule is Cn1ccc(-c2cccc(CC(=O)CCc3ccc4c(c3)CN(C3CCC(=O)NC3=O)C4=O)c2)n1. The van der Waals surface area contributed by atoms with Gasteiger partial charge in [0.25, 0.3) is 5.91 Å². The van der Waals surface area contributed by atoms with Crippen molar-refractivity contribution in [2.45, 2.75) is 44.7 Å². The molecule has 3 aromatic rings. The lowest BCUT2D eigenvalue weighted by Gasteiger charge is -2.29. The van der Waals surface area contributed by atoms with Gasteiger partial charge in [-0.25, -0.2) is 0 Å². The molecule has 8 nitrogen and oxygen atoms in total. The van der Waals surface area contributed by atoms with E-state index < -0.39 is 11.9 Å². The number of carbonyl (C=O) groups is 4. The van der Waals surface area contributed by atoms with Gasteiger partial charge in [-0.15, -0.1) is 0 Å². The highest BCUT2D eigenvalue weighted by molar-refractivity contribution is 6.05. The summed E-state index contributed by atoms with van der Waals surface area (Å²) in [5.74, 6) is -0.763. The molecule has 5 rings (SSSR count). The Bertz CT molecular complexity index is 1340. The average molecular weight is 471 g/mol. The minimum absolute atomic E-state index is 0.143. The third-order valence-corrected chi connectivity index (χ3v) is 6.62. The van der Waals surface area contributed by atoms with Gasteiger partial charge in [-0.05, 0) is 47.7 Å². The van der Waals surface area contributed by atoms with E-state index in [4.69, 9.17) is 0 Å². The summed E-state index contributed by atoms with van der Waals surface area (Å²) in [7, 11) is 1.87. The van der Waals surface area contributed by atoms with Crippen LogP contribution in [0.2, 0.25) is 0 Å². The first-order chi connectivity index (χ1) is 16.9. The van der Waals surface area contributed by atoms with Gasteiger partial charge < -0.3 is 4.90 Å². The van der Waals surface area contributed by atoms with Crippen LogP contribution in [-0.2, 0) is 40.8 Å². The molecular weight excluding hydrogens is 444 g/mol. The highest BCUT2D eigenvalue weighted by atomic mass is 16.2. The van der Waals surface area contributed by atoms with E-state index in [1.807, 2.05) is 55.7 Å². The molecule has 1 atom stereocenters. The van der Waals surface area contributed by atoms with Gasteiger partial charge in [-0.1, -0.05) is 30.3 Å². The van der Waals surface area contributed by atoms with Gasteiger partial charge in [0.1, 0.15) is 11.8 Å². The second-order valence-electron chi connectivity index (χ2n) is 9.18. The molecule has 3 heterocycles. The zero-order chi connectivity index (χ0) is 24.5. The Labute approximate surface area is 202 Å².